The Hall–Kier alpha value is -1.32. The normalized spacial score (nSPS) is 17.5. The number of hydrogen-bond donors (Lipinski definition) is 0. The largest absolute Gasteiger partial charge is 0.493 e. The van der Waals surface area contributed by atoms with E-state index in [-0.39, 0.29) is 48.2 Å². The Morgan fingerprint density at radius 1 is 0.909 bits per heavy atom. The summed E-state index contributed by atoms with van der Waals surface area (Å²) in [5.74, 6) is 2.43. The second kappa shape index (κ2) is 16.3. The molecule has 4 rings (SSSR count). The Balaban J connectivity index is 0. The van der Waals surface area contributed by atoms with E-state index in [1.165, 1.54) is 49.2 Å². The fraction of sp³-hybridized carbons (Fsp3) is 0.522. The first-order valence-electron chi connectivity index (χ1n) is 10.3. The first-order valence-corrected chi connectivity index (χ1v) is 10.3. The van der Waals surface area contributed by atoms with Crippen LogP contribution in [0.5, 0.6) is 11.5 Å². The fourth-order valence-corrected chi connectivity index (χ4v) is 4.65. The van der Waals surface area contributed by atoms with Crippen molar-refractivity contribution < 1.29 is 20.4 Å². The molecule has 2 aliphatic rings. The van der Waals surface area contributed by atoms with Gasteiger partial charge in [0.05, 0.1) is 14.2 Å². The molecule has 2 aromatic rings. The molecule has 1 saturated heterocycles. The molecular weight excluding hydrogens is 489 g/mol. The van der Waals surface area contributed by atoms with Crippen LogP contribution in [-0.2, 0) is 19.5 Å². The van der Waals surface area contributed by atoms with Crippen LogP contribution >= 0.6 is 37.2 Å². The molecule has 1 atom stereocenters. The molecule has 33 heavy (non-hydrogen) atoms. The molecule has 1 unspecified atom stereocenters. The molecule has 3 heterocycles. The van der Waals surface area contributed by atoms with Gasteiger partial charge in [0.1, 0.15) is 0 Å². The van der Waals surface area contributed by atoms with E-state index in [1.807, 2.05) is 12.4 Å². The lowest BCUT2D eigenvalue weighted by Gasteiger charge is -2.37. The van der Waals surface area contributed by atoms with Crippen molar-refractivity contribution in [3.63, 3.8) is 0 Å². The highest BCUT2D eigenvalue weighted by molar-refractivity contribution is 5.86. The van der Waals surface area contributed by atoms with Crippen LogP contribution in [0.1, 0.15) is 29.5 Å². The number of halogens is 3. The summed E-state index contributed by atoms with van der Waals surface area (Å²) in [4.78, 5) is 9.36. The minimum Gasteiger partial charge on any atom is -0.493 e. The van der Waals surface area contributed by atoms with E-state index in [2.05, 4.69) is 39.0 Å². The number of benzene rings is 1. The number of likely N-dealkylation sites (tertiary alicyclic amines) is 1. The van der Waals surface area contributed by atoms with Crippen LogP contribution in [0.2, 0.25) is 0 Å². The van der Waals surface area contributed by atoms with Crippen molar-refractivity contribution in [2.75, 3.05) is 40.4 Å². The molecule has 1 aromatic heterocycles. The molecule has 0 spiro atoms. The highest BCUT2D eigenvalue weighted by Gasteiger charge is 2.25. The van der Waals surface area contributed by atoms with Crippen molar-refractivity contribution in [3.8, 4) is 11.5 Å². The first kappa shape index (κ1) is 33.9. The lowest BCUT2D eigenvalue weighted by atomic mass is 9.94. The molecule has 0 amide bonds. The zero-order chi connectivity index (χ0) is 19.3. The quantitative estimate of drug-likeness (QED) is 0.576. The van der Waals surface area contributed by atoms with Gasteiger partial charge in [0, 0.05) is 45.1 Å². The average molecular weight is 527 g/mol. The second-order valence-corrected chi connectivity index (χ2v) is 8.06. The molecule has 10 heteroatoms. The Morgan fingerprint density at radius 2 is 1.55 bits per heavy atom. The minimum absolute atomic E-state index is 0. The van der Waals surface area contributed by atoms with Gasteiger partial charge in [-0.25, -0.2) is 0 Å². The van der Waals surface area contributed by atoms with E-state index >= 15 is 0 Å². The van der Waals surface area contributed by atoms with E-state index in [1.54, 1.807) is 14.2 Å². The van der Waals surface area contributed by atoms with Crippen LogP contribution in [0.25, 0.3) is 0 Å². The summed E-state index contributed by atoms with van der Waals surface area (Å²) >= 11 is 0. The van der Waals surface area contributed by atoms with Crippen LogP contribution in [0, 0.1) is 5.92 Å². The van der Waals surface area contributed by atoms with Gasteiger partial charge in [-0.1, -0.05) is 0 Å². The van der Waals surface area contributed by atoms with Crippen LogP contribution in [-0.4, -0.2) is 66.1 Å². The maximum Gasteiger partial charge on any atom is 0.161 e. The summed E-state index contributed by atoms with van der Waals surface area (Å²) in [5, 5.41) is 0. The van der Waals surface area contributed by atoms with Gasteiger partial charge in [-0.2, -0.15) is 0 Å². The van der Waals surface area contributed by atoms with Crippen LogP contribution < -0.4 is 9.47 Å². The lowest BCUT2D eigenvalue weighted by molar-refractivity contribution is 0.122. The molecule has 7 nitrogen and oxygen atoms in total. The fourth-order valence-electron chi connectivity index (χ4n) is 4.65. The van der Waals surface area contributed by atoms with Gasteiger partial charge >= 0.3 is 0 Å². The van der Waals surface area contributed by atoms with Gasteiger partial charge in [-0.3, -0.25) is 14.8 Å². The van der Waals surface area contributed by atoms with E-state index in [9.17, 15) is 0 Å². The number of hydrogen-bond acceptors (Lipinski definition) is 5. The molecule has 0 bridgehead atoms. The number of pyridine rings is 1. The Bertz CT molecular complexity index is 802. The van der Waals surface area contributed by atoms with Gasteiger partial charge in [0.25, 0.3) is 0 Å². The van der Waals surface area contributed by atoms with Crippen LogP contribution in [0.15, 0.2) is 36.7 Å². The van der Waals surface area contributed by atoms with Crippen molar-refractivity contribution >= 4 is 37.2 Å². The van der Waals surface area contributed by atoms with Crippen LogP contribution in [0.3, 0.4) is 0 Å². The molecule has 0 radical (unpaired) electrons. The predicted molar refractivity (Wildman–Crippen MR) is 140 cm³/mol. The average Bonchev–Trinajstić information content (AvgIpc) is 2.73. The number of nitrogens with zero attached hydrogens (tertiary/aromatic N) is 3. The number of piperidine rings is 1. The van der Waals surface area contributed by atoms with E-state index in [0.717, 1.165) is 43.5 Å². The van der Waals surface area contributed by atoms with Gasteiger partial charge in [-0.15, -0.1) is 37.2 Å². The SMILES string of the molecule is COc1cc2c(cc1OC)CN(CC1CCCN(Cc3ccncc3)C1)CC2.Cl.Cl.Cl.O.O. The van der Waals surface area contributed by atoms with Crippen molar-refractivity contribution in [2.24, 2.45) is 5.92 Å². The summed E-state index contributed by atoms with van der Waals surface area (Å²) in [6.07, 6.45) is 7.51. The zero-order valence-corrected chi connectivity index (χ0v) is 21.7. The van der Waals surface area contributed by atoms with Crippen LogP contribution in [0.4, 0.5) is 0 Å². The third-order valence-electron chi connectivity index (χ3n) is 6.07. The van der Waals surface area contributed by atoms with Crippen molar-refractivity contribution in [1.29, 1.82) is 0 Å². The number of ether oxygens (including phenoxy) is 2. The lowest BCUT2D eigenvalue weighted by Crippen LogP contribution is -2.42. The van der Waals surface area contributed by atoms with Gasteiger partial charge in [0.15, 0.2) is 11.5 Å². The Labute approximate surface area is 215 Å². The molecule has 190 valence electrons. The standard InChI is InChI=1S/C23H31N3O2.3ClH.2H2O/c1-27-22-12-20-7-11-26(17-21(20)13-23(22)28-2)16-19-4-3-10-25(15-19)14-18-5-8-24-9-6-18;;;;;/h5-6,8-9,12-13,19H,3-4,7,10-11,14-17H2,1-2H3;3*1H;2*1H2. The number of methoxy groups -OCH3 is 2. The summed E-state index contributed by atoms with van der Waals surface area (Å²) < 4.78 is 11.0. The second-order valence-electron chi connectivity index (χ2n) is 8.06. The predicted octanol–water partition coefficient (Wildman–Crippen LogP) is 2.99. The van der Waals surface area contributed by atoms with Gasteiger partial charge in [-0.05, 0) is 72.7 Å². The van der Waals surface area contributed by atoms with Gasteiger partial charge in [0.2, 0.25) is 0 Å². The molecule has 1 fully saturated rings. The Morgan fingerprint density at radius 3 is 2.18 bits per heavy atom. The third kappa shape index (κ3) is 8.76. The highest BCUT2D eigenvalue weighted by atomic mass is 35.5. The number of fused-ring (bicyclic) bond motifs is 1. The monoisotopic (exact) mass is 525 g/mol. The number of rotatable bonds is 6. The first-order chi connectivity index (χ1) is 13.7. The molecule has 4 N–H and O–H groups in total. The molecule has 2 aliphatic heterocycles. The zero-order valence-electron chi connectivity index (χ0n) is 19.3. The van der Waals surface area contributed by atoms with Crippen molar-refractivity contribution in [2.45, 2.75) is 32.4 Å². The maximum absolute atomic E-state index is 5.50. The summed E-state index contributed by atoms with van der Waals surface area (Å²) in [6, 6.07) is 8.58. The Kier molecular flexibility index (Phi) is 16.8. The van der Waals surface area contributed by atoms with E-state index < -0.39 is 0 Å². The number of aromatic nitrogens is 1. The maximum atomic E-state index is 5.50. The molecule has 0 aliphatic carbocycles. The molecular formula is C23H38Cl3N3O4. The van der Waals surface area contributed by atoms with E-state index in [4.69, 9.17) is 9.47 Å². The van der Waals surface area contributed by atoms with E-state index in [0.29, 0.717) is 0 Å². The topological polar surface area (TPSA) is 101 Å². The van der Waals surface area contributed by atoms with Crippen molar-refractivity contribution in [3.05, 3.63) is 53.3 Å². The smallest absolute Gasteiger partial charge is 0.161 e. The molecule has 1 aromatic carbocycles. The highest BCUT2D eigenvalue weighted by Crippen LogP contribution is 2.33. The summed E-state index contributed by atoms with van der Waals surface area (Å²) in [5.41, 5.74) is 4.15. The summed E-state index contributed by atoms with van der Waals surface area (Å²) in [7, 11) is 3.42. The van der Waals surface area contributed by atoms with Gasteiger partial charge < -0.3 is 20.4 Å². The van der Waals surface area contributed by atoms with Crippen molar-refractivity contribution in [1.82, 2.24) is 14.8 Å². The minimum atomic E-state index is 0. The summed E-state index contributed by atoms with van der Waals surface area (Å²) in [6.45, 7) is 6.76. The molecule has 0 saturated carbocycles. The third-order valence-corrected chi connectivity index (χ3v) is 6.07.